The molecule has 1 atom stereocenters. The van der Waals surface area contributed by atoms with Crippen molar-refractivity contribution >= 4 is 17.7 Å². The van der Waals surface area contributed by atoms with Crippen LogP contribution in [0.15, 0.2) is 0 Å². The summed E-state index contributed by atoms with van der Waals surface area (Å²) < 4.78 is 0. The molecule has 0 aromatic rings. The first-order chi connectivity index (χ1) is 6.68. The molecule has 86 valence electrons. The number of carbonyl (C=O) groups excluding carboxylic acids is 3. The van der Waals surface area contributed by atoms with Crippen molar-refractivity contribution in [2.75, 3.05) is 0 Å². The highest BCUT2D eigenvalue weighted by Gasteiger charge is 2.29. The molecule has 6 nitrogen and oxygen atoms in total. The van der Waals surface area contributed by atoms with Crippen LogP contribution in [0.25, 0.3) is 0 Å². The summed E-state index contributed by atoms with van der Waals surface area (Å²) in [4.78, 5) is 31.8. The van der Waals surface area contributed by atoms with Gasteiger partial charge in [-0.2, -0.15) is 0 Å². The standard InChI is InChI=1S/C9H15NO5/c1-9(2,6(11)8(14)15)4-3-5(10)7(12)13/h5H,3-4,10H2,1-2H3,(H,12,13)(H,14,15)/p-1/t5-/m0/s1. The normalized spacial score (nSPS) is 13.3. The Bertz CT molecular complexity index is 284. The maximum absolute atomic E-state index is 11.1. The molecule has 0 saturated heterocycles. The van der Waals surface area contributed by atoms with Crippen molar-refractivity contribution in [2.45, 2.75) is 32.7 Å². The number of carboxylic acids is 2. The molecule has 0 heterocycles. The third-order valence-corrected chi connectivity index (χ3v) is 2.25. The Morgan fingerprint density at radius 2 is 1.73 bits per heavy atom. The lowest BCUT2D eigenvalue weighted by atomic mass is 9.82. The van der Waals surface area contributed by atoms with Crippen LogP contribution in [0.5, 0.6) is 0 Å². The van der Waals surface area contributed by atoms with Crippen molar-refractivity contribution in [3.8, 4) is 0 Å². The fourth-order valence-corrected chi connectivity index (χ4v) is 1.04. The summed E-state index contributed by atoms with van der Waals surface area (Å²) in [5.74, 6) is -4.10. The third kappa shape index (κ3) is 4.07. The molecule has 6 heteroatoms. The number of carboxylic acid groups (broad SMARTS) is 2. The smallest absolute Gasteiger partial charge is 0.183 e. The fourth-order valence-electron chi connectivity index (χ4n) is 1.04. The molecule has 0 radical (unpaired) electrons. The summed E-state index contributed by atoms with van der Waals surface area (Å²) in [5, 5.41) is 20.7. The molecule has 15 heavy (non-hydrogen) atoms. The van der Waals surface area contributed by atoms with Crippen molar-refractivity contribution in [2.24, 2.45) is 5.41 Å². The average Bonchev–Trinajstić information content (AvgIpc) is 2.12. The zero-order chi connectivity index (χ0) is 12.2. The van der Waals surface area contributed by atoms with Crippen LogP contribution in [0.1, 0.15) is 26.7 Å². The number of carbonyl (C=O) groups is 3. The number of Topliss-reactive ketones (excluding diaryl/α,β-unsaturated/α-hetero) is 1. The molecule has 0 saturated carbocycles. The Labute approximate surface area is 87.1 Å². The van der Waals surface area contributed by atoms with Gasteiger partial charge in [-0.05, 0) is 6.42 Å². The quantitative estimate of drug-likeness (QED) is 0.460. The predicted octanol–water partition coefficient (Wildman–Crippen LogP) is -3.53. The minimum Gasteiger partial charge on any atom is -0.544 e. The number of hydrogen-bond acceptors (Lipinski definition) is 5. The monoisotopic (exact) mass is 216 g/mol. The third-order valence-electron chi connectivity index (χ3n) is 2.25. The van der Waals surface area contributed by atoms with Gasteiger partial charge < -0.3 is 25.5 Å². The average molecular weight is 216 g/mol. The molecule has 0 aliphatic heterocycles. The zero-order valence-corrected chi connectivity index (χ0v) is 8.74. The van der Waals surface area contributed by atoms with Crippen molar-refractivity contribution in [3.05, 3.63) is 0 Å². The van der Waals surface area contributed by atoms with Crippen LogP contribution in [0, 0.1) is 5.41 Å². The summed E-state index contributed by atoms with van der Waals surface area (Å²) in [6, 6.07) is -0.946. The molecule has 0 bridgehead atoms. The van der Waals surface area contributed by atoms with Gasteiger partial charge in [-0.3, -0.25) is 4.79 Å². The molecule has 3 N–H and O–H groups in total. The van der Waals surface area contributed by atoms with Gasteiger partial charge in [-0.25, -0.2) is 0 Å². The van der Waals surface area contributed by atoms with E-state index in [0.29, 0.717) is 0 Å². The van der Waals surface area contributed by atoms with Crippen LogP contribution in [0.3, 0.4) is 0 Å². The second-order valence-electron chi connectivity index (χ2n) is 4.06. The minimum atomic E-state index is -1.76. The molecule has 0 aromatic heterocycles. The highest BCUT2D eigenvalue weighted by molar-refractivity contribution is 6.33. The van der Waals surface area contributed by atoms with Gasteiger partial charge in [0.2, 0.25) is 0 Å². The van der Waals surface area contributed by atoms with E-state index in [1.165, 1.54) is 13.8 Å². The van der Waals surface area contributed by atoms with E-state index in [2.05, 4.69) is 5.73 Å². The van der Waals surface area contributed by atoms with E-state index >= 15 is 0 Å². The molecule has 0 aliphatic carbocycles. The summed E-state index contributed by atoms with van der Waals surface area (Å²) in [7, 11) is 0. The first-order valence-corrected chi connectivity index (χ1v) is 4.48. The van der Waals surface area contributed by atoms with Crippen molar-refractivity contribution < 1.29 is 30.3 Å². The fraction of sp³-hybridized carbons (Fsp3) is 0.667. The number of rotatable bonds is 6. The van der Waals surface area contributed by atoms with Crippen LogP contribution in [-0.4, -0.2) is 23.8 Å². The van der Waals surface area contributed by atoms with E-state index in [1.54, 1.807) is 0 Å². The van der Waals surface area contributed by atoms with Crippen LogP contribution in [0.2, 0.25) is 0 Å². The predicted molar refractivity (Wildman–Crippen MR) is 44.7 cm³/mol. The minimum absolute atomic E-state index is 0.0916. The summed E-state index contributed by atoms with van der Waals surface area (Å²) in [5.41, 5.74) is 2.17. The number of ketones is 1. The molecule has 0 aromatic carbocycles. The van der Waals surface area contributed by atoms with Crippen LogP contribution in [-0.2, 0) is 14.4 Å². The maximum Gasteiger partial charge on any atom is 0.183 e. The summed E-state index contributed by atoms with van der Waals surface area (Å²) in [6.07, 6.45) is 0.205. The molecule has 0 aliphatic rings. The van der Waals surface area contributed by atoms with Gasteiger partial charge in [-0.15, -0.1) is 0 Å². The van der Waals surface area contributed by atoms with Gasteiger partial charge >= 0.3 is 0 Å². The molecule has 0 spiro atoms. The number of aliphatic carboxylic acids is 2. The SMILES string of the molecule is CC(C)(CC[C@H]([NH3+])C(=O)[O-])C(=O)C(=O)[O-]. The molecule has 0 rings (SSSR count). The van der Waals surface area contributed by atoms with Gasteiger partial charge in [0, 0.05) is 11.8 Å². The second kappa shape index (κ2) is 4.88. The second-order valence-corrected chi connectivity index (χ2v) is 4.06. The topological polar surface area (TPSA) is 125 Å². The lowest BCUT2D eigenvalue weighted by Crippen LogP contribution is -2.68. The number of quaternary nitrogens is 1. The lowest BCUT2D eigenvalue weighted by molar-refractivity contribution is -0.439. The van der Waals surface area contributed by atoms with Crippen molar-refractivity contribution in [1.82, 2.24) is 0 Å². The van der Waals surface area contributed by atoms with E-state index in [9.17, 15) is 24.6 Å². The number of hydrogen-bond donors (Lipinski definition) is 1. The Morgan fingerprint density at radius 1 is 1.27 bits per heavy atom. The lowest BCUT2D eigenvalue weighted by Gasteiger charge is -2.24. The zero-order valence-electron chi connectivity index (χ0n) is 8.74. The molecule has 0 unspecified atom stereocenters. The van der Waals surface area contributed by atoms with E-state index < -0.39 is 29.2 Å². The van der Waals surface area contributed by atoms with E-state index in [0.717, 1.165) is 0 Å². The van der Waals surface area contributed by atoms with Gasteiger partial charge in [0.05, 0.1) is 5.97 Å². The Hall–Kier alpha value is -1.43. The van der Waals surface area contributed by atoms with Gasteiger partial charge in [0.25, 0.3) is 0 Å². The molecular formula is C9H14NO5-. The summed E-state index contributed by atoms with van der Waals surface area (Å²) in [6.45, 7) is 2.85. The molecular weight excluding hydrogens is 202 g/mol. The van der Waals surface area contributed by atoms with Crippen LogP contribution >= 0.6 is 0 Å². The van der Waals surface area contributed by atoms with Gasteiger partial charge in [0.15, 0.2) is 5.78 Å². The van der Waals surface area contributed by atoms with Crippen LogP contribution in [0.4, 0.5) is 0 Å². The Kier molecular flexibility index (Phi) is 4.41. The Balaban J connectivity index is 4.33. The first-order valence-electron chi connectivity index (χ1n) is 4.48. The van der Waals surface area contributed by atoms with Gasteiger partial charge in [-0.1, -0.05) is 13.8 Å². The van der Waals surface area contributed by atoms with Gasteiger partial charge in [0.1, 0.15) is 12.0 Å². The summed E-state index contributed by atoms with van der Waals surface area (Å²) >= 11 is 0. The highest BCUT2D eigenvalue weighted by Crippen LogP contribution is 2.23. The maximum atomic E-state index is 11.1. The van der Waals surface area contributed by atoms with E-state index in [1.807, 2.05) is 0 Å². The Morgan fingerprint density at radius 3 is 2.07 bits per heavy atom. The van der Waals surface area contributed by atoms with E-state index in [-0.39, 0.29) is 12.8 Å². The largest absolute Gasteiger partial charge is 0.544 e. The first kappa shape index (κ1) is 13.6. The van der Waals surface area contributed by atoms with Crippen molar-refractivity contribution in [3.63, 3.8) is 0 Å². The molecule has 0 fully saturated rings. The highest BCUT2D eigenvalue weighted by atomic mass is 16.4. The van der Waals surface area contributed by atoms with Crippen molar-refractivity contribution in [1.29, 1.82) is 0 Å². The van der Waals surface area contributed by atoms with E-state index in [4.69, 9.17) is 0 Å². The molecule has 0 amide bonds. The van der Waals surface area contributed by atoms with Crippen LogP contribution < -0.4 is 15.9 Å².